The molecule has 3 aliphatic heterocycles. The van der Waals surface area contributed by atoms with E-state index in [9.17, 15) is 14.3 Å². The van der Waals surface area contributed by atoms with E-state index in [2.05, 4.69) is 20.2 Å². The Kier molecular flexibility index (Phi) is 4.47. The topological polar surface area (TPSA) is 107 Å². The Balaban J connectivity index is 1.18. The maximum Gasteiger partial charge on any atom is 0.410 e. The van der Waals surface area contributed by atoms with Crippen LogP contribution < -0.4 is 0 Å². The molecule has 2 aromatic heterocycles. The van der Waals surface area contributed by atoms with Crippen LogP contribution in [-0.4, -0.2) is 73.0 Å². The first-order chi connectivity index (χ1) is 17.4. The molecule has 4 aromatic rings. The number of ether oxygens (including phenoxy) is 1. The summed E-state index contributed by atoms with van der Waals surface area (Å²) in [7, 11) is 0. The second-order valence-electron chi connectivity index (χ2n) is 10.1. The molecule has 7 rings (SSSR count). The van der Waals surface area contributed by atoms with Gasteiger partial charge in [0.05, 0.1) is 43.1 Å². The number of benzene rings is 2. The van der Waals surface area contributed by atoms with Crippen molar-refractivity contribution in [2.45, 2.75) is 32.5 Å². The molecular formula is C26H26FN6O3+. The molecule has 0 aliphatic carbocycles. The highest BCUT2D eigenvalue weighted by Crippen LogP contribution is 2.48. The summed E-state index contributed by atoms with van der Waals surface area (Å²) in [5, 5.41) is 18.5. The number of hydrogen-bond donors (Lipinski definition) is 3. The van der Waals surface area contributed by atoms with Crippen molar-refractivity contribution >= 4 is 17.0 Å². The summed E-state index contributed by atoms with van der Waals surface area (Å²) in [5.41, 5.74) is 5.79. The lowest BCUT2D eigenvalue weighted by Crippen LogP contribution is -2.26. The van der Waals surface area contributed by atoms with Gasteiger partial charge >= 0.3 is 6.09 Å². The molecule has 0 atom stereocenters. The monoisotopic (exact) mass is 489 g/mol. The number of H-pyrrole nitrogens is 2. The highest BCUT2D eigenvalue weighted by Gasteiger charge is 2.72. The van der Waals surface area contributed by atoms with Crippen LogP contribution in [0.3, 0.4) is 0 Å². The second kappa shape index (κ2) is 7.54. The molecule has 0 radical (unpaired) electrons. The molecule has 3 aliphatic rings. The van der Waals surface area contributed by atoms with Crippen LogP contribution in [0.25, 0.3) is 33.5 Å². The number of quaternary nitrogens is 1. The smallest absolute Gasteiger partial charge is 0.410 e. The normalized spacial score (nSPS) is 21.5. The number of nitrogens with zero attached hydrogens (tertiary/aromatic N) is 4. The number of hydrogen-bond acceptors (Lipinski definition) is 5. The van der Waals surface area contributed by atoms with E-state index >= 15 is 0 Å². The minimum Gasteiger partial charge on any atom is -0.505 e. The summed E-state index contributed by atoms with van der Waals surface area (Å²) < 4.78 is 20.6. The molecule has 10 heteroatoms. The number of amides is 1. The van der Waals surface area contributed by atoms with Gasteiger partial charge in [-0.25, -0.2) is 14.2 Å². The second-order valence-corrected chi connectivity index (χ2v) is 10.1. The fraction of sp³-hybridized carbons (Fsp3) is 0.346. The van der Waals surface area contributed by atoms with Gasteiger partial charge in [-0.3, -0.25) is 10.00 Å². The van der Waals surface area contributed by atoms with Crippen molar-refractivity contribution in [2.24, 2.45) is 0 Å². The van der Waals surface area contributed by atoms with Crippen molar-refractivity contribution in [2.75, 3.05) is 26.2 Å². The van der Waals surface area contributed by atoms with Crippen molar-refractivity contribution in [1.82, 2.24) is 25.1 Å². The molecule has 1 amide bonds. The SMILES string of the molecule is CCOC(=O)N1Cc2nc(-c3n[nH]c4cc(-c5cc(F)c(O)cc5CC[N+]56CC5C6)ccc34)[nH]c2C1. The van der Waals surface area contributed by atoms with E-state index in [0.717, 1.165) is 58.0 Å². The van der Waals surface area contributed by atoms with Crippen molar-refractivity contribution in [3.8, 4) is 28.4 Å². The Morgan fingerprint density at radius 3 is 2.86 bits per heavy atom. The maximum absolute atomic E-state index is 14.4. The van der Waals surface area contributed by atoms with Gasteiger partial charge in [-0.2, -0.15) is 5.10 Å². The lowest BCUT2D eigenvalue weighted by molar-refractivity contribution is -0.701. The first-order valence-corrected chi connectivity index (χ1v) is 12.3. The van der Waals surface area contributed by atoms with Crippen molar-refractivity contribution in [3.63, 3.8) is 0 Å². The van der Waals surface area contributed by atoms with Gasteiger partial charge in [0, 0.05) is 11.8 Å². The largest absolute Gasteiger partial charge is 0.505 e. The maximum atomic E-state index is 14.4. The molecule has 5 heterocycles. The van der Waals surface area contributed by atoms with Crippen LogP contribution in [-0.2, 0) is 24.2 Å². The van der Waals surface area contributed by atoms with Gasteiger partial charge in [0.1, 0.15) is 18.8 Å². The molecule has 0 bridgehead atoms. The number of phenolic OH excluding ortho intramolecular Hbond substituents is 1. The molecule has 36 heavy (non-hydrogen) atoms. The number of rotatable bonds is 6. The summed E-state index contributed by atoms with van der Waals surface area (Å²) in [6.45, 7) is 6.46. The molecule has 2 saturated heterocycles. The molecule has 3 N–H and O–H groups in total. The zero-order valence-electron chi connectivity index (χ0n) is 19.8. The van der Waals surface area contributed by atoms with E-state index in [1.54, 1.807) is 17.9 Å². The molecule has 2 aromatic carbocycles. The van der Waals surface area contributed by atoms with E-state index in [0.29, 0.717) is 31.2 Å². The van der Waals surface area contributed by atoms with Gasteiger partial charge < -0.3 is 19.3 Å². The molecule has 0 unspecified atom stereocenters. The number of fused-ring (bicyclic) bond motifs is 3. The zero-order valence-corrected chi connectivity index (χ0v) is 19.8. The lowest BCUT2D eigenvalue weighted by Gasteiger charge is -2.14. The number of halogens is 1. The van der Waals surface area contributed by atoms with Crippen LogP contribution in [0, 0.1) is 5.82 Å². The van der Waals surface area contributed by atoms with Crippen LogP contribution in [0.5, 0.6) is 5.75 Å². The first-order valence-electron chi connectivity index (χ1n) is 12.3. The number of phenols is 1. The van der Waals surface area contributed by atoms with Crippen LogP contribution in [0.2, 0.25) is 0 Å². The molecule has 0 spiro atoms. The predicted molar refractivity (Wildman–Crippen MR) is 129 cm³/mol. The van der Waals surface area contributed by atoms with Crippen LogP contribution in [0.15, 0.2) is 30.3 Å². The van der Waals surface area contributed by atoms with Gasteiger partial charge in [0.15, 0.2) is 23.4 Å². The average molecular weight is 490 g/mol. The van der Waals surface area contributed by atoms with E-state index in [-0.39, 0.29) is 11.8 Å². The average Bonchev–Trinajstić information content (AvgIpc) is 3.45. The Bertz CT molecular complexity index is 1510. The Morgan fingerprint density at radius 1 is 1.28 bits per heavy atom. The Hall–Kier alpha value is -3.92. The third kappa shape index (κ3) is 3.35. The summed E-state index contributed by atoms with van der Waals surface area (Å²) >= 11 is 0. The van der Waals surface area contributed by atoms with E-state index < -0.39 is 5.82 Å². The lowest BCUT2D eigenvalue weighted by atomic mass is 9.96. The number of imidazole rings is 1. The minimum atomic E-state index is -0.621. The Morgan fingerprint density at radius 2 is 2.11 bits per heavy atom. The van der Waals surface area contributed by atoms with Crippen molar-refractivity contribution in [1.29, 1.82) is 0 Å². The van der Waals surface area contributed by atoms with E-state index in [1.807, 2.05) is 18.2 Å². The molecular weight excluding hydrogens is 463 g/mol. The Labute approximate surface area is 206 Å². The van der Waals surface area contributed by atoms with E-state index in [1.165, 1.54) is 23.6 Å². The van der Waals surface area contributed by atoms with Gasteiger partial charge in [-0.05, 0) is 47.9 Å². The number of carbonyl (C=O) groups excluding carboxylic acids is 1. The number of carbonyl (C=O) groups is 1. The van der Waals surface area contributed by atoms with Gasteiger partial charge in [0.25, 0.3) is 0 Å². The summed E-state index contributed by atoms with van der Waals surface area (Å²) in [6.07, 6.45) is 0.452. The highest BCUT2D eigenvalue weighted by atomic mass is 19.1. The molecule has 0 saturated carbocycles. The van der Waals surface area contributed by atoms with Crippen molar-refractivity contribution in [3.05, 3.63) is 53.1 Å². The molecule has 9 nitrogen and oxygen atoms in total. The minimum absolute atomic E-state index is 0.306. The quantitative estimate of drug-likeness (QED) is 0.283. The van der Waals surface area contributed by atoms with Gasteiger partial charge in [-0.1, -0.05) is 6.07 Å². The first kappa shape index (κ1) is 21.4. The summed E-state index contributed by atoms with van der Waals surface area (Å²) in [5.74, 6) is -0.289. The predicted octanol–water partition coefficient (Wildman–Crippen LogP) is 3.69. The zero-order chi connectivity index (χ0) is 24.6. The number of aromatic amines is 2. The highest BCUT2D eigenvalue weighted by molar-refractivity contribution is 5.94. The van der Waals surface area contributed by atoms with Gasteiger partial charge in [-0.15, -0.1) is 0 Å². The standard InChI is InChI=1S/C26H25FN6O3/c1-2-36-26(35)32-10-21-22(11-32)29-25(28-21)24-17-4-3-14(7-20(17)30-31-24)18-9-19(27)23(34)8-15(18)5-6-33-12-16(33)13-33/h3-4,7-9,16H,2,5-6,10-13H2,1H3,(H2-,28,29,30,31,34)/p+1. The van der Waals surface area contributed by atoms with Crippen molar-refractivity contribution < 1.29 is 23.5 Å². The third-order valence-electron chi connectivity index (χ3n) is 7.83. The van der Waals surface area contributed by atoms with Crippen LogP contribution >= 0.6 is 0 Å². The number of nitrogens with one attached hydrogen (secondary N) is 2. The number of aromatic nitrogens is 4. The van der Waals surface area contributed by atoms with Gasteiger partial charge in [0.2, 0.25) is 0 Å². The molecule has 184 valence electrons. The summed E-state index contributed by atoms with van der Waals surface area (Å²) in [4.78, 5) is 21.6. The van der Waals surface area contributed by atoms with E-state index in [4.69, 9.17) is 4.74 Å². The number of aromatic hydroxyl groups is 1. The fourth-order valence-corrected chi connectivity index (χ4v) is 5.44. The summed E-state index contributed by atoms with van der Waals surface area (Å²) in [6, 6.07) is 9.71. The fourth-order valence-electron chi connectivity index (χ4n) is 5.44. The molecule has 2 fully saturated rings. The van der Waals surface area contributed by atoms with Crippen LogP contribution in [0.1, 0.15) is 23.9 Å². The van der Waals surface area contributed by atoms with Crippen LogP contribution in [0.4, 0.5) is 9.18 Å². The third-order valence-corrected chi connectivity index (χ3v) is 7.83.